The van der Waals surface area contributed by atoms with Gasteiger partial charge in [-0.1, -0.05) is 48.5 Å². The second-order valence-electron chi connectivity index (χ2n) is 7.38. The Morgan fingerprint density at radius 1 is 1.12 bits per heavy atom. The molecule has 0 fully saturated rings. The minimum atomic E-state index is -0.906. The van der Waals surface area contributed by atoms with Gasteiger partial charge in [0.05, 0.1) is 23.1 Å². The van der Waals surface area contributed by atoms with Crippen molar-refractivity contribution >= 4 is 17.3 Å². The van der Waals surface area contributed by atoms with Gasteiger partial charge < -0.3 is 11.1 Å². The van der Waals surface area contributed by atoms with Gasteiger partial charge in [0.25, 0.3) is 11.6 Å². The monoisotopic (exact) mass is 445 g/mol. The number of anilines is 1. The molecular formula is C24H20FN5O3. The molecule has 0 aliphatic rings. The van der Waals surface area contributed by atoms with E-state index < -0.39 is 22.3 Å². The summed E-state index contributed by atoms with van der Waals surface area (Å²) in [5, 5.41) is 18.0. The number of carbonyl (C=O) groups is 1. The van der Waals surface area contributed by atoms with Crippen LogP contribution in [0.2, 0.25) is 0 Å². The molecule has 4 aromatic rings. The molecule has 1 heterocycles. The molecule has 0 radical (unpaired) electrons. The Morgan fingerprint density at radius 3 is 2.58 bits per heavy atom. The number of nitrogen functional groups attached to an aromatic ring is 1. The normalized spacial score (nSPS) is 10.7. The summed E-state index contributed by atoms with van der Waals surface area (Å²) in [5.41, 5.74) is 8.24. The van der Waals surface area contributed by atoms with Crippen molar-refractivity contribution in [2.75, 3.05) is 5.73 Å². The molecule has 0 unspecified atom stereocenters. The molecular weight excluding hydrogens is 425 g/mol. The molecule has 0 spiro atoms. The highest BCUT2D eigenvalue weighted by Crippen LogP contribution is 2.28. The first-order valence-electron chi connectivity index (χ1n) is 10.1. The summed E-state index contributed by atoms with van der Waals surface area (Å²) in [7, 11) is 0. The lowest BCUT2D eigenvalue weighted by Gasteiger charge is -2.13. The Balaban J connectivity index is 1.52. The number of hydrogen-bond donors (Lipinski definition) is 2. The SMILES string of the molecule is Nc1c(C(=O)NCc2ccccc2-c2ccc(Cn3cccn3)cc2)cc(F)cc1[N+](=O)[O-]. The number of rotatable bonds is 7. The molecule has 33 heavy (non-hydrogen) atoms. The highest BCUT2D eigenvalue weighted by atomic mass is 19.1. The quantitative estimate of drug-likeness (QED) is 0.252. The lowest BCUT2D eigenvalue weighted by molar-refractivity contribution is -0.384. The molecule has 166 valence electrons. The maximum Gasteiger partial charge on any atom is 0.295 e. The Morgan fingerprint density at radius 2 is 1.88 bits per heavy atom. The van der Waals surface area contributed by atoms with E-state index in [2.05, 4.69) is 10.4 Å². The maximum atomic E-state index is 13.8. The number of hydrogen-bond acceptors (Lipinski definition) is 5. The first-order valence-corrected chi connectivity index (χ1v) is 10.1. The van der Waals surface area contributed by atoms with Crippen LogP contribution in [0.4, 0.5) is 15.8 Å². The molecule has 0 atom stereocenters. The van der Waals surface area contributed by atoms with Crippen LogP contribution in [-0.2, 0) is 13.1 Å². The summed E-state index contributed by atoms with van der Waals surface area (Å²) < 4.78 is 15.6. The Labute approximate surface area is 188 Å². The van der Waals surface area contributed by atoms with Crippen LogP contribution in [0.3, 0.4) is 0 Å². The average molecular weight is 445 g/mol. The third-order valence-electron chi connectivity index (χ3n) is 5.19. The summed E-state index contributed by atoms with van der Waals surface area (Å²) in [4.78, 5) is 22.9. The van der Waals surface area contributed by atoms with E-state index in [4.69, 9.17) is 5.73 Å². The molecule has 1 amide bonds. The van der Waals surface area contributed by atoms with Crippen molar-refractivity contribution < 1.29 is 14.1 Å². The van der Waals surface area contributed by atoms with Crippen LogP contribution in [0.1, 0.15) is 21.5 Å². The van der Waals surface area contributed by atoms with Crippen LogP contribution in [0.15, 0.2) is 79.1 Å². The van der Waals surface area contributed by atoms with Gasteiger partial charge in [0.1, 0.15) is 11.5 Å². The van der Waals surface area contributed by atoms with Gasteiger partial charge in [-0.05, 0) is 34.4 Å². The van der Waals surface area contributed by atoms with Gasteiger partial charge in [0.2, 0.25) is 0 Å². The molecule has 0 aliphatic heterocycles. The fourth-order valence-electron chi connectivity index (χ4n) is 3.54. The summed E-state index contributed by atoms with van der Waals surface area (Å²) >= 11 is 0. The van der Waals surface area contributed by atoms with Gasteiger partial charge in [-0.3, -0.25) is 19.6 Å². The highest BCUT2D eigenvalue weighted by molar-refractivity contribution is 6.01. The average Bonchev–Trinajstić information content (AvgIpc) is 3.32. The Bertz CT molecular complexity index is 1300. The van der Waals surface area contributed by atoms with Gasteiger partial charge >= 0.3 is 0 Å². The van der Waals surface area contributed by atoms with Gasteiger partial charge in [0.15, 0.2) is 0 Å². The number of aromatic nitrogens is 2. The number of amides is 1. The number of benzene rings is 3. The Hall–Kier alpha value is -4.53. The van der Waals surface area contributed by atoms with Crippen LogP contribution in [0.25, 0.3) is 11.1 Å². The van der Waals surface area contributed by atoms with Crippen molar-refractivity contribution in [2.24, 2.45) is 0 Å². The zero-order valence-electron chi connectivity index (χ0n) is 17.4. The standard InChI is InChI=1S/C24H20FN5O3/c25-19-12-21(23(26)22(13-19)30(32)33)24(31)27-14-18-4-1-2-5-20(18)17-8-6-16(7-9-17)15-29-11-3-10-28-29/h1-13H,14-15,26H2,(H,27,31). The smallest absolute Gasteiger partial charge is 0.295 e. The number of nitro groups is 1. The van der Waals surface area contributed by atoms with E-state index in [1.54, 1.807) is 6.20 Å². The van der Waals surface area contributed by atoms with E-state index in [1.165, 1.54) is 0 Å². The number of nitro benzene ring substituents is 1. The number of nitrogens with zero attached hydrogens (tertiary/aromatic N) is 3. The van der Waals surface area contributed by atoms with E-state index >= 15 is 0 Å². The van der Waals surface area contributed by atoms with Gasteiger partial charge in [0, 0.05) is 18.9 Å². The topological polar surface area (TPSA) is 116 Å². The zero-order valence-corrected chi connectivity index (χ0v) is 17.4. The molecule has 3 aromatic carbocycles. The van der Waals surface area contributed by atoms with Crippen molar-refractivity contribution in [3.63, 3.8) is 0 Å². The van der Waals surface area contributed by atoms with E-state index in [-0.39, 0.29) is 17.8 Å². The first kappa shape index (κ1) is 21.7. The van der Waals surface area contributed by atoms with E-state index in [0.29, 0.717) is 12.6 Å². The van der Waals surface area contributed by atoms with E-state index in [9.17, 15) is 19.3 Å². The van der Waals surface area contributed by atoms with Crippen LogP contribution in [0.5, 0.6) is 0 Å². The number of nitrogens with two attached hydrogens (primary N) is 1. The zero-order chi connectivity index (χ0) is 23.4. The summed E-state index contributed by atoms with van der Waals surface area (Å²) in [6, 6.07) is 19.0. The van der Waals surface area contributed by atoms with Gasteiger partial charge in [-0.15, -0.1) is 0 Å². The summed E-state index contributed by atoms with van der Waals surface area (Å²) in [6.07, 6.45) is 3.63. The van der Waals surface area contributed by atoms with E-state index in [1.807, 2.05) is 65.5 Å². The number of halogens is 1. The minimum absolute atomic E-state index is 0.133. The molecule has 3 N–H and O–H groups in total. The summed E-state index contributed by atoms with van der Waals surface area (Å²) in [6.45, 7) is 0.792. The van der Waals surface area contributed by atoms with Gasteiger partial charge in [-0.25, -0.2) is 4.39 Å². The third kappa shape index (κ3) is 4.87. The van der Waals surface area contributed by atoms with Crippen LogP contribution in [0, 0.1) is 15.9 Å². The highest BCUT2D eigenvalue weighted by Gasteiger charge is 2.21. The maximum absolute atomic E-state index is 13.8. The second kappa shape index (κ2) is 9.31. The molecule has 9 heteroatoms. The largest absolute Gasteiger partial charge is 0.393 e. The number of nitrogens with one attached hydrogen (secondary N) is 1. The van der Waals surface area contributed by atoms with Crippen molar-refractivity contribution in [3.8, 4) is 11.1 Å². The fourth-order valence-corrected chi connectivity index (χ4v) is 3.54. The van der Waals surface area contributed by atoms with Crippen molar-refractivity contribution in [2.45, 2.75) is 13.1 Å². The lowest BCUT2D eigenvalue weighted by Crippen LogP contribution is -2.24. The van der Waals surface area contributed by atoms with Crippen molar-refractivity contribution in [3.05, 3.63) is 112 Å². The Kier molecular flexibility index (Phi) is 6.12. The molecule has 0 saturated carbocycles. The molecule has 8 nitrogen and oxygen atoms in total. The minimum Gasteiger partial charge on any atom is -0.393 e. The first-order chi connectivity index (χ1) is 15.9. The molecule has 4 rings (SSSR count). The predicted molar refractivity (Wildman–Crippen MR) is 122 cm³/mol. The van der Waals surface area contributed by atoms with Crippen LogP contribution >= 0.6 is 0 Å². The van der Waals surface area contributed by atoms with Crippen LogP contribution in [-0.4, -0.2) is 20.6 Å². The molecule has 1 aromatic heterocycles. The molecule has 0 aliphatic carbocycles. The van der Waals surface area contributed by atoms with Crippen molar-refractivity contribution in [1.82, 2.24) is 15.1 Å². The summed E-state index contributed by atoms with van der Waals surface area (Å²) in [5.74, 6) is -1.60. The van der Waals surface area contributed by atoms with Crippen molar-refractivity contribution in [1.29, 1.82) is 0 Å². The van der Waals surface area contributed by atoms with E-state index in [0.717, 1.165) is 28.3 Å². The second-order valence-corrected chi connectivity index (χ2v) is 7.38. The molecule has 0 saturated heterocycles. The molecule has 0 bridgehead atoms. The lowest BCUT2D eigenvalue weighted by atomic mass is 9.98. The third-order valence-corrected chi connectivity index (χ3v) is 5.19. The fraction of sp³-hybridized carbons (Fsp3) is 0.0833. The number of carbonyl (C=O) groups excluding carboxylic acids is 1. The van der Waals surface area contributed by atoms with Crippen LogP contribution < -0.4 is 11.1 Å². The predicted octanol–water partition coefficient (Wildman–Crippen LogP) is 4.16. The van der Waals surface area contributed by atoms with Gasteiger partial charge in [-0.2, -0.15) is 5.10 Å².